The monoisotopic (exact) mass is 389 g/mol. The highest BCUT2D eigenvalue weighted by Crippen LogP contribution is 2.44. The summed E-state index contributed by atoms with van der Waals surface area (Å²) in [5.74, 6) is 0.813. The molecule has 0 bridgehead atoms. The van der Waals surface area contributed by atoms with Crippen molar-refractivity contribution in [1.82, 2.24) is 14.8 Å². The van der Waals surface area contributed by atoms with Crippen LogP contribution in [-0.4, -0.2) is 25.9 Å². The van der Waals surface area contributed by atoms with E-state index in [4.69, 9.17) is 10.1 Å². The summed E-state index contributed by atoms with van der Waals surface area (Å²) >= 11 is 0. The van der Waals surface area contributed by atoms with Crippen molar-refractivity contribution in [2.24, 2.45) is 10.4 Å². The average Bonchev–Trinajstić information content (AvgIpc) is 3.02. The van der Waals surface area contributed by atoms with E-state index in [1.165, 1.54) is 12.1 Å². The highest BCUT2D eigenvalue weighted by atomic mass is 16.6. The van der Waals surface area contributed by atoms with E-state index in [2.05, 4.69) is 18.8 Å². The summed E-state index contributed by atoms with van der Waals surface area (Å²) in [5.41, 5.74) is 4.28. The number of benzene rings is 1. The highest BCUT2D eigenvalue weighted by molar-refractivity contribution is 5.80. The number of hydrogen-bond donors (Lipinski definition) is 0. The number of nitro groups is 1. The van der Waals surface area contributed by atoms with Crippen molar-refractivity contribution < 1.29 is 4.92 Å². The first-order chi connectivity index (χ1) is 13.8. The predicted octanol–water partition coefficient (Wildman–Crippen LogP) is 4.62. The van der Waals surface area contributed by atoms with Gasteiger partial charge in [0.2, 0.25) is 0 Å². The molecule has 0 saturated carbocycles. The number of aliphatic imine (C=N–C) groups is 1. The lowest BCUT2D eigenvalue weighted by atomic mass is 9.74. The van der Waals surface area contributed by atoms with Gasteiger partial charge in [0.15, 0.2) is 5.82 Å². The molecule has 0 fully saturated rings. The van der Waals surface area contributed by atoms with Gasteiger partial charge in [-0.3, -0.25) is 15.1 Å². The molecular formula is C22H23N5O2. The summed E-state index contributed by atoms with van der Waals surface area (Å²) in [6.45, 7) is 6.51. The first-order valence-electron chi connectivity index (χ1n) is 9.61. The molecule has 1 aromatic carbocycles. The van der Waals surface area contributed by atoms with Gasteiger partial charge in [-0.25, -0.2) is 9.67 Å². The van der Waals surface area contributed by atoms with E-state index in [1.807, 2.05) is 29.8 Å². The summed E-state index contributed by atoms with van der Waals surface area (Å²) in [4.78, 5) is 19.8. The topological polar surface area (TPSA) is 86.2 Å². The number of pyridine rings is 1. The maximum Gasteiger partial charge on any atom is 0.269 e. The van der Waals surface area contributed by atoms with Crippen LogP contribution in [0.2, 0.25) is 0 Å². The minimum Gasteiger partial charge on any atom is -0.284 e. The Morgan fingerprint density at radius 3 is 2.66 bits per heavy atom. The number of rotatable bonds is 4. The molecule has 0 N–H and O–H groups in total. The van der Waals surface area contributed by atoms with Crippen LogP contribution >= 0.6 is 0 Å². The van der Waals surface area contributed by atoms with Crippen LogP contribution in [0.5, 0.6) is 0 Å². The first kappa shape index (κ1) is 19.0. The first-order valence-corrected chi connectivity index (χ1v) is 9.61. The molecule has 0 spiro atoms. The molecule has 148 valence electrons. The number of aromatic nitrogens is 3. The normalized spacial score (nSPS) is 18.0. The predicted molar refractivity (Wildman–Crippen MR) is 112 cm³/mol. The zero-order valence-electron chi connectivity index (χ0n) is 16.7. The van der Waals surface area contributed by atoms with Crippen molar-refractivity contribution in [1.29, 1.82) is 0 Å². The maximum atomic E-state index is 10.8. The van der Waals surface area contributed by atoms with Crippen LogP contribution in [0.25, 0.3) is 5.82 Å². The average molecular weight is 389 g/mol. The molecule has 4 rings (SSSR count). The fraction of sp³-hybridized carbons (Fsp3) is 0.318. The van der Waals surface area contributed by atoms with Crippen LogP contribution in [0, 0.1) is 22.5 Å². The molecule has 3 aromatic rings. The van der Waals surface area contributed by atoms with E-state index in [9.17, 15) is 10.1 Å². The molecule has 0 saturated heterocycles. The lowest BCUT2D eigenvalue weighted by Crippen LogP contribution is -2.26. The van der Waals surface area contributed by atoms with Crippen molar-refractivity contribution in [2.75, 3.05) is 0 Å². The Balaban J connectivity index is 1.71. The Morgan fingerprint density at radius 1 is 1.24 bits per heavy atom. The summed E-state index contributed by atoms with van der Waals surface area (Å²) in [7, 11) is 0. The Morgan fingerprint density at radius 2 is 2.00 bits per heavy atom. The number of nitro benzene ring substituents is 1. The van der Waals surface area contributed by atoms with E-state index in [0.717, 1.165) is 41.2 Å². The van der Waals surface area contributed by atoms with E-state index in [0.29, 0.717) is 0 Å². The fourth-order valence-corrected chi connectivity index (χ4v) is 4.00. The zero-order chi connectivity index (χ0) is 20.6. The Kier molecular flexibility index (Phi) is 4.74. The standard InChI is InChI=1S/C22H23N5O2/c1-15-21-18(24-14-16-7-9-17(10-8-16)27(28)29)12-22(2,3)13-19(21)26(25-15)20-6-4-5-11-23-20/h4-11,14,18H,12-13H2,1-3H3. The molecule has 1 unspecified atom stereocenters. The number of fused-ring (bicyclic) bond motifs is 1. The number of aryl methyl sites for hydroxylation is 1. The van der Waals surface area contributed by atoms with Gasteiger partial charge in [-0.2, -0.15) is 5.10 Å². The van der Waals surface area contributed by atoms with Gasteiger partial charge in [0.1, 0.15) is 0 Å². The van der Waals surface area contributed by atoms with Crippen molar-refractivity contribution in [3.63, 3.8) is 0 Å². The van der Waals surface area contributed by atoms with Crippen LogP contribution < -0.4 is 0 Å². The molecule has 1 aliphatic carbocycles. The van der Waals surface area contributed by atoms with Gasteiger partial charge in [-0.1, -0.05) is 19.9 Å². The van der Waals surface area contributed by atoms with Crippen LogP contribution in [0.1, 0.15) is 48.8 Å². The molecule has 29 heavy (non-hydrogen) atoms. The molecule has 0 aliphatic heterocycles. The third-order valence-electron chi connectivity index (χ3n) is 5.31. The maximum absolute atomic E-state index is 10.8. The molecule has 1 aliphatic rings. The van der Waals surface area contributed by atoms with Gasteiger partial charge in [-0.05, 0) is 55.0 Å². The molecule has 0 amide bonds. The molecule has 0 radical (unpaired) electrons. The molecule has 7 heteroatoms. The number of hydrogen-bond acceptors (Lipinski definition) is 5. The number of nitrogens with zero attached hydrogens (tertiary/aromatic N) is 5. The van der Waals surface area contributed by atoms with Crippen LogP contribution in [-0.2, 0) is 6.42 Å². The van der Waals surface area contributed by atoms with Crippen molar-refractivity contribution >= 4 is 11.9 Å². The largest absolute Gasteiger partial charge is 0.284 e. The minimum absolute atomic E-state index is 0.0126. The van der Waals surface area contributed by atoms with E-state index in [1.54, 1.807) is 24.5 Å². The zero-order valence-corrected chi connectivity index (χ0v) is 16.7. The van der Waals surface area contributed by atoms with Crippen LogP contribution in [0.3, 0.4) is 0 Å². The Hall–Kier alpha value is -3.35. The fourth-order valence-electron chi connectivity index (χ4n) is 4.00. The SMILES string of the molecule is Cc1nn(-c2ccccn2)c2c1C(N=Cc1ccc([N+](=O)[O-])cc1)CC(C)(C)C2. The highest BCUT2D eigenvalue weighted by Gasteiger charge is 2.36. The van der Waals surface area contributed by atoms with Crippen molar-refractivity contribution in [2.45, 2.75) is 39.7 Å². The van der Waals surface area contributed by atoms with E-state index >= 15 is 0 Å². The van der Waals surface area contributed by atoms with Crippen LogP contribution in [0.15, 0.2) is 53.7 Å². The molecular weight excluding hydrogens is 366 g/mol. The van der Waals surface area contributed by atoms with E-state index in [-0.39, 0.29) is 17.1 Å². The second kappa shape index (κ2) is 7.24. The second-order valence-corrected chi connectivity index (χ2v) is 8.23. The van der Waals surface area contributed by atoms with E-state index < -0.39 is 4.92 Å². The quantitative estimate of drug-likeness (QED) is 0.370. The van der Waals surface area contributed by atoms with Gasteiger partial charge < -0.3 is 0 Å². The third-order valence-corrected chi connectivity index (χ3v) is 5.31. The van der Waals surface area contributed by atoms with Gasteiger partial charge in [0.25, 0.3) is 5.69 Å². The van der Waals surface area contributed by atoms with Gasteiger partial charge in [0, 0.05) is 30.1 Å². The Labute approximate surface area is 169 Å². The third kappa shape index (κ3) is 3.81. The summed E-state index contributed by atoms with van der Waals surface area (Å²) in [6.07, 6.45) is 5.40. The van der Waals surface area contributed by atoms with Crippen molar-refractivity contribution in [3.8, 4) is 5.82 Å². The number of non-ortho nitro benzene ring substituents is 1. The van der Waals surface area contributed by atoms with Gasteiger partial charge in [0.05, 0.1) is 22.4 Å². The second-order valence-electron chi connectivity index (χ2n) is 8.23. The minimum atomic E-state index is -0.397. The lowest BCUT2D eigenvalue weighted by molar-refractivity contribution is -0.384. The van der Waals surface area contributed by atoms with Gasteiger partial charge >= 0.3 is 0 Å². The smallest absolute Gasteiger partial charge is 0.269 e. The lowest BCUT2D eigenvalue weighted by Gasteiger charge is -2.34. The molecule has 2 heterocycles. The Bertz CT molecular complexity index is 1070. The van der Waals surface area contributed by atoms with Crippen LogP contribution in [0.4, 0.5) is 5.69 Å². The molecule has 2 aromatic heterocycles. The summed E-state index contributed by atoms with van der Waals surface area (Å²) < 4.78 is 1.94. The van der Waals surface area contributed by atoms with Gasteiger partial charge in [-0.15, -0.1) is 0 Å². The summed E-state index contributed by atoms with van der Waals surface area (Å²) in [5, 5.41) is 15.6. The molecule has 1 atom stereocenters. The molecule has 7 nitrogen and oxygen atoms in total. The summed E-state index contributed by atoms with van der Waals surface area (Å²) in [6, 6.07) is 12.3. The van der Waals surface area contributed by atoms with Crippen molar-refractivity contribution in [3.05, 3.63) is 81.3 Å².